The number of urea groups is 1. The molecule has 3 aromatic rings. The number of ether oxygens (including phenoxy) is 1. The maximum absolute atomic E-state index is 14.0. The third-order valence-corrected chi connectivity index (χ3v) is 7.17. The van der Waals surface area contributed by atoms with E-state index in [-0.39, 0.29) is 41.5 Å². The number of hydrogen-bond donors (Lipinski definition) is 2. The summed E-state index contributed by atoms with van der Waals surface area (Å²) in [5, 5.41) is 6.42. The minimum absolute atomic E-state index is 0.105. The van der Waals surface area contributed by atoms with Crippen molar-refractivity contribution < 1.29 is 14.3 Å². The number of fused-ring (bicyclic) bond motifs is 1. The summed E-state index contributed by atoms with van der Waals surface area (Å²) in [6.07, 6.45) is 0.868. The molecule has 3 atom stereocenters. The number of benzene rings is 1. The number of rotatable bonds is 5. The molecule has 3 amide bonds. The first-order chi connectivity index (χ1) is 17.6. The summed E-state index contributed by atoms with van der Waals surface area (Å²) in [6, 6.07) is 7.53. The summed E-state index contributed by atoms with van der Waals surface area (Å²) >= 11 is 12.5. The highest BCUT2D eigenvalue weighted by atomic mass is 35.5. The standard InChI is InChI=1S/C25H26Cl2N6O4/c1-12(2)32-20-18(29-21(32)16-10-28-25(36)30-22(16)37-4)24(35)33(17-9-15(27)11-31(3)23(17)34)19(20)13-5-7-14(26)8-6-13/h5-9,11-12,16,19,22H,10H2,1-4H3,(H2,28,30,36). The predicted molar refractivity (Wildman–Crippen MR) is 139 cm³/mol. The third-order valence-electron chi connectivity index (χ3n) is 6.71. The van der Waals surface area contributed by atoms with Crippen LogP contribution in [0.4, 0.5) is 10.5 Å². The Morgan fingerprint density at radius 1 is 1.11 bits per heavy atom. The topological polar surface area (TPSA) is 110 Å². The van der Waals surface area contributed by atoms with E-state index in [2.05, 4.69) is 10.6 Å². The molecule has 12 heteroatoms. The second-order valence-electron chi connectivity index (χ2n) is 9.37. The number of carbonyl (C=O) groups is 2. The molecule has 0 bridgehead atoms. The lowest BCUT2D eigenvalue weighted by molar-refractivity contribution is 0.0456. The Morgan fingerprint density at radius 3 is 2.46 bits per heavy atom. The Kier molecular flexibility index (Phi) is 6.51. The summed E-state index contributed by atoms with van der Waals surface area (Å²) in [4.78, 5) is 45.4. The molecule has 37 heavy (non-hydrogen) atoms. The van der Waals surface area contributed by atoms with Crippen molar-refractivity contribution in [3.05, 3.63) is 79.7 Å². The number of aryl methyl sites for hydroxylation is 1. The molecule has 0 radical (unpaired) electrons. The van der Waals surface area contributed by atoms with Crippen LogP contribution in [0.5, 0.6) is 0 Å². The lowest BCUT2D eigenvalue weighted by Crippen LogP contribution is -2.55. The van der Waals surface area contributed by atoms with Gasteiger partial charge in [0.2, 0.25) is 0 Å². The van der Waals surface area contributed by atoms with E-state index in [9.17, 15) is 14.4 Å². The average molecular weight is 545 g/mol. The number of halogens is 2. The molecule has 5 rings (SSSR count). The summed E-state index contributed by atoms with van der Waals surface area (Å²) in [5.74, 6) is -0.177. The molecule has 0 spiro atoms. The average Bonchev–Trinajstić information content (AvgIpc) is 3.37. The summed E-state index contributed by atoms with van der Waals surface area (Å²) < 4.78 is 8.90. The molecule has 0 saturated carbocycles. The molecule has 1 fully saturated rings. The highest BCUT2D eigenvalue weighted by Gasteiger charge is 2.47. The van der Waals surface area contributed by atoms with Gasteiger partial charge in [0.1, 0.15) is 23.8 Å². The second kappa shape index (κ2) is 9.51. The van der Waals surface area contributed by atoms with Gasteiger partial charge in [-0.1, -0.05) is 35.3 Å². The molecule has 2 aromatic heterocycles. The van der Waals surface area contributed by atoms with Crippen molar-refractivity contribution in [3.8, 4) is 0 Å². The third kappa shape index (κ3) is 4.18. The summed E-state index contributed by atoms with van der Waals surface area (Å²) in [7, 11) is 3.10. The number of nitrogens with one attached hydrogen (secondary N) is 2. The molecule has 3 unspecified atom stereocenters. The van der Waals surface area contributed by atoms with Gasteiger partial charge in [-0.15, -0.1) is 0 Å². The molecule has 194 valence electrons. The van der Waals surface area contributed by atoms with Crippen molar-refractivity contribution in [2.75, 3.05) is 18.6 Å². The lowest BCUT2D eigenvalue weighted by atomic mass is 10.0. The van der Waals surface area contributed by atoms with Gasteiger partial charge < -0.3 is 24.5 Å². The molecule has 1 aromatic carbocycles. The fourth-order valence-electron chi connectivity index (χ4n) is 5.11. The molecular weight excluding hydrogens is 519 g/mol. The fraction of sp³-hybridized carbons (Fsp3) is 0.360. The van der Waals surface area contributed by atoms with Crippen molar-refractivity contribution in [2.45, 2.75) is 38.1 Å². The van der Waals surface area contributed by atoms with Crippen LogP contribution in [-0.4, -0.2) is 45.9 Å². The summed E-state index contributed by atoms with van der Waals surface area (Å²) in [6.45, 7) is 4.27. The van der Waals surface area contributed by atoms with E-state index in [1.807, 2.05) is 30.5 Å². The van der Waals surface area contributed by atoms with Crippen molar-refractivity contribution in [1.82, 2.24) is 24.8 Å². The zero-order chi connectivity index (χ0) is 26.6. The van der Waals surface area contributed by atoms with Crippen LogP contribution < -0.4 is 21.1 Å². The number of methoxy groups -OCH3 is 1. The molecule has 4 heterocycles. The van der Waals surface area contributed by atoms with Crippen molar-refractivity contribution in [1.29, 1.82) is 0 Å². The van der Waals surface area contributed by atoms with Crippen LogP contribution in [0.1, 0.15) is 59.4 Å². The molecule has 10 nitrogen and oxygen atoms in total. The van der Waals surface area contributed by atoms with E-state index in [0.717, 1.165) is 5.56 Å². The van der Waals surface area contributed by atoms with E-state index in [1.165, 1.54) is 28.8 Å². The van der Waals surface area contributed by atoms with E-state index in [0.29, 0.717) is 21.6 Å². The maximum Gasteiger partial charge on any atom is 0.316 e. The van der Waals surface area contributed by atoms with Crippen molar-refractivity contribution in [3.63, 3.8) is 0 Å². The van der Waals surface area contributed by atoms with Gasteiger partial charge in [-0.25, -0.2) is 9.78 Å². The quantitative estimate of drug-likeness (QED) is 0.510. The highest BCUT2D eigenvalue weighted by molar-refractivity contribution is 6.31. The molecule has 2 aliphatic rings. The fourth-order valence-corrected chi connectivity index (χ4v) is 5.48. The first-order valence-electron chi connectivity index (χ1n) is 11.8. The Bertz CT molecular complexity index is 1450. The number of aromatic nitrogens is 3. The SMILES string of the molecule is COC1NC(=O)NCC1c1nc2c(n1C(C)C)C(c1ccc(Cl)cc1)N(c1cc(Cl)cn(C)c1=O)C2=O. The molecule has 2 aliphatic heterocycles. The number of imidazole rings is 1. The van der Waals surface area contributed by atoms with E-state index < -0.39 is 18.2 Å². The van der Waals surface area contributed by atoms with Gasteiger partial charge in [0, 0.05) is 38.0 Å². The minimum atomic E-state index is -0.665. The van der Waals surface area contributed by atoms with Gasteiger partial charge in [-0.05, 0) is 37.6 Å². The van der Waals surface area contributed by atoms with Crippen LogP contribution >= 0.6 is 23.2 Å². The van der Waals surface area contributed by atoms with Gasteiger partial charge in [0.25, 0.3) is 11.5 Å². The number of hydrogen-bond acceptors (Lipinski definition) is 5. The van der Waals surface area contributed by atoms with Crippen LogP contribution in [0, 0.1) is 0 Å². The van der Waals surface area contributed by atoms with Crippen LogP contribution in [0.15, 0.2) is 41.3 Å². The number of carbonyl (C=O) groups excluding carboxylic acids is 2. The minimum Gasteiger partial charge on any atom is -0.361 e. The van der Waals surface area contributed by atoms with Crippen molar-refractivity contribution >= 4 is 40.8 Å². The highest BCUT2D eigenvalue weighted by Crippen LogP contribution is 2.44. The first-order valence-corrected chi connectivity index (χ1v) is 12.5. The van der Waals surface area contributed by atoms with Gasteiger partial charge in [-0.3, -0.25) is 14.5 Å². The zero-order valence-corrected chi connectivity index (χ0v) is 22.2. The Hall–Kier alpha value is -3.34. The smallest absolute Gasteiger partial charge is 0.316 e. The van der Waals surface area contributed by atoms with E-state index >= 15 is 0 Å². The first kappa shape index (κ1) is 25.3. The van der Waals surface area contributed by atoms with E-state index in [1.54, 1.807) is 19.2 Å². The Morgan fingerprint density at radius 2 is 1.81 bits per heavy atom. The summed E-state index contributed by atoms with van der Waals surface area (Å²) in [5.41, 5.74) is 1.42. The van der Waals surface area contributed by atoms with Crippen molar-refractivity contribution in [2.24, 2.45) is 7.05 Å². The van der Waals surface area contributed by atoms with Gasteiger partial charge in [-0.2, -0.15) is 0 Å². The van der Waals surface area contributed by atoms with Crippen LogP contribution in [-0.2, 0) is 11.8 Å². The molecule has 1 saturated heterocycles. The number of amides is 3. The monoisotopic (exact) mass is 544 g/mol. The second-order valence-corrected chi connectivity index (χ2v) is 10.2. The van der Waals surface area contributed by atoms with Gasteiger partial charge in [0.05, 0.1) is 16.6 Å². The van der Waals surface area contributed by atoms with Gasteiger partial charge >= 0.3 is 6.03 Å². The molecular formula is C25H26Cl2N6O4. The zero-order valence-electron chi connectivity index (χ0n) is 20.7. The Balaban J connectivity index is 1.75. The normalized spacial score (nSPS) is 21.3. The largest absolute Gasteiger partial charge is 0.361 e. The number of pyridine rings is 1. The van der Waals surface area contributed by atoms with Gasteiger partial charge in [0.15, 0.2) is 5.69 Å². The molecule has 0 aliphatic carbocycles. The number of nitrogens with zero attached hydrogens (tertiary/aromatic N) is 4. The predicted octanol–water partition coefficient (Wildman–Crippen LogP) is 3.59. The Labute approximate surface area is 223 Å². The van der Waals surface area contributed by atoms with Crippen LogP contribution in [0.2, 0.25) is 10.0 Å². The van der Waals surface area contributed by atoms with E-state index in [4.69, 9.17) is 32.9 Å². The lowest BCUT2D eigenvalue weighted by Gasteiger charge is -2.33. The van der Waals surface area contributed by atoms with Crippen LogP contribution in [0.25, 0.3) is 0 Å². The number of anilines is 1. The maximum atomic E-state index is 14.0. The molecule has 2 N–H and O–H groups in total. The van der Waals surface area contributed by atoms with Crippen LogP contribution in [0.3, 0.4) is 0 Å².